The van der Waals surface area contributed by atoms with Crippen molar-refractivity contribution in [1.82, 2.24) is 10.2 Å². The van der Waals surface area contributed by atoms with Crippen molar-refractivity contribution in [3.63, 3.8) is 0 Å². The molecule has 1 aliphatic rings. The van der Waals surface area contributed by atoms with Crippen LogP contribution in [0.4, 0.5) is 5.69 Å². The predicted molar refractivity (Wildman–Crippen MR) is 123 cm³/mol. The van der Waals surface area contributed by atoms with Crippen molar-refractivity contribution in [3.05, 3.63) is 42.0 Å². The van der Waals surface area contributed by atoms with E-state index in [9.17, 15) is 0 Å². The van der Waals surface area contributed by atoms with Crippen LogP contribution < -0.4 is 29.2 Å². The maximum absolute atomic E-state index is 5.54. The van der Waals surface area contributed by atoms with Gasteiger partial charge in [-0.15, -0.1) is 0 Å². The molecule has 0 unspecified atom stereocenters. The van der Waals surface area contributed by atoms with Crippen LogP contribution in [-0.2, 0) is 6.54 Å². The Balaban J connectivity index is 1.64. The first-order valence-electron chi connectivity index (χ1n) is 10.3. The zero-order valence-corrected chi connectivity index (χ0v) is 19.0. The summed E-state index contributed by atoms with van der Waals surface area (Å²) in [6.07, 6.45) is 0. The Labute approximate surface area is 184 Å². The average molecular weight is 429 g/mol. The number of anilines is 1. The van der Waals surface area contributed by atoms with Gasteiger partial charge in [0.15, 0.2) is 17.5 Å². The summed E-state index contributed by atoms with van der Waals surface area (Å²) in [7, 11) is 8.41. The van der Waals surface area contributed by atoms with Crippen molar-refractivity contribution in [1.29, 1.82) is 0 Å². The molecule has 1 aliphatic heterocycles. The number of ether oxygens (including phenoxy) is 4. The van der Waals surface area contributed by atoms with Crippen LogP contribution >= 0.6 is 0 Å². The van der Waals surface area contributed by atoms with E-state index in [0.29, 0.717) is 18.0 Å². The van der Waals surface area contributed by atoms with Crippen molar-refractivity contribution in [2.75, 3.05) is 66.6 Å². The second-order valence-corrected chi connectivity index (χ2v) is 7.07. The summed E-state index contributed by atoms with van der Waals surface area (Å²) in [6, 6.07) is 11.9. The molecule has 0 amide bonds. The monoisotopic (exact) mass is 428 g/mol. The first kappa shape index (κ1) is 22.4. The molecule has 8 heteroatoms. The van der Waals surface area contributed by atoms with E-state index >= 15 is 0 Å². The first-order valence-corrected chi connectivity index (χ1v) is 10.3. The van der Waals surface area contributed by atoms with Crippen molar-refractivity contribution >= 4 is 11.6 Å². The lowest BCUT2D eigenvalue weighted by molar-refractivity contribution is 0.346. The number of piperazine rings is 1. The summed E-state index contributed by atoms with van der Waals surface area (Å²) in [5, 5.41) is 3.45. The maximum atomic E-state index is 5.54. The van der Waals surface area contributed by atoms with Gasteiger partial charge >= 0.3 is 0 Å². The third kappa shape index (κ3) is 5.07. The number of aliphatic imine (C=N–C) groups is 1. The van der Waals surface area contributed by atoms with E-state index in [1.807, 2.05) is 30.3 Å². The van der Waals surface area contributed by atoms with Crippen LogP contribution in [0.3, 0.4) is 0 Å². The molecule has 3 rings (SSSR count). The minimum Gasteiger partial charge on any atom is -0.496 e. The Morgan fingerprint density at radius 2 is 1.45 bits per heavy atom. The number of para-hydroxylation sites is 2. The van der Waals surface area contributed by atoms with E-state index in [4.69, 9.17) is 18.9 Å². The second kappa shape index (κ2) is 10.7. The highest BCUT2D eigenvalue weighted by Gasteiger charge is 2.22. The van der Waals surface area contributed by atoms with E-state index in [1.54, 1.807) is 35.5 Å². The van der Waals surface area contributed by atoms with Crippen molar-refractivity contribution in [2.45, 2.75) is 6.54 Å². The van der Waals surface area contributed by atoms with Gasteiger partial charge in [-0.2, -0.15) is 0 Å². The van der Waals surface area contributed by atoms with Crippen LogP contribution in [0.1, 0.15) is 5.56 Å². The van der Waals surface area contributed by atoms with Crippen molar-refractivity contribution in [3.8, 4) is 23.0 Å². The number of methoxy groups -OCH3 is 4. The molecule has 1 saturated heterocycles. The zero-order chi connectivity index (χ0) is 22.2. The van der Waals surface area contributed by atoms with E-state index in [-0.39, 0.29) is 0 Å². The quantitative estimate of drug-likeness (QED) is 0.537. The third-order valence-corrected chi connectivity index (χ3v) is 5.44. The summed E-state index contributed by atoms with van der Waals surface area (Å²) >= 11 is 0. The summed E-state index contributed by atoms with van der Waals surface area (Å²) in [4.78, 5) is 9.09. The van der Waals surface area contributed by atoms with Crippen molar-refractivity contribution < 1.29 is 18.9 Å². The maximum Gasteiger partial charge on any atom is 0.194 e. The van der Waals surface area contributed by atoms with E-state index in [2.05, 4.69) is 26.2 Å². The lowest BCUT2D eigenvalue weighted by Gasteiger charge is -2.38. The lowest BCUT2D eigenvalue weighted by Crippen LogP contribution is -2.52. The molecular weight excluding hydrogens is 396 g/mol. The molecular formula is C23H32N4O4. The largest absolute Gasteiger partial charge is 0.496 e. The molecule has 31 heavy (non-hydrogen) atoms. The summed E-state index contributed by atoms with van der Waals surface area (Å²) < 4.78 is 21.9. The van der Waals surface area contributed by atoms with Gasteiger partial charge in [-0.25, -0.2) is 0 Å². The molecule has 2 aromatic carbocycles. The summed E-state index contributed by atoms with van der Waals surface area (Å²) in [5.41, 5.74) is 2.09. The zero-order valence-electron chi connectivity index (χ0n) is 19.0. The van der Waals surface area contributed by atoms with Crippen molar-refractivity contribution in [2.24, 2.45) is 4.99 Å². The summed E-state index contributed by atoms with van der Waals surface area (Å²) in [6.45, 7) is 4.06. The Bertz CT molecular complexity index is 895. The minimum atomic E-state index is 0.558. The van der Waals surface area contributed by atoms with Gasteiger partial charge in [0.2, 0.25) is 0 Å². The molecule has 0 saturated carbocycles. The molecule has 0 aromatic heterocycles. The molecule has 0 aliphatic carbocycles. The van der Waals surface area contributed by atoms with Crippen LogP contribution in [0.25, 0.3) is 0 Å². The highest BCUT2D eigenvalue weighted by atomic mass is 16.5. The Kier molecular flexibility index (Phi) is 7.70. The SMILES string of the molecule is CN=C(NCc1cc(OC)c(OC)cc1OC)N1CCN(c2ccccc2OC)CC1. The van der Waals surface area contributed by atoms with E-state index < -0.39 is 0 Å². The molecule has 8 nitrogen and oxygen atoms in total. The standard InChI is InChI=1S/C23H32N4O4/c1-24-23(25-16-17-14-21(30-4)22(31-5)15-20(17)29-3)27-12-10-26(11-13-27)18-8-6-7-9-19(18)28-2/h6-9,14-15H,10-13,16H2,1-5H3,(H,24,25). The number of nitrogens with one attached hydrogen (secondary N) is 1. The molecule has 0 bridgehead atoms. The van der Waals surface area contributed by atoms with Gasteiger partial charge in [-0.1, -0.05) is 12.1 Å². The Morgan fingerprint density at radius 1 is 0.839 bits per heavy atom. The molecule has 1 heterocycles. The highest BCUT2D eigenvalue weighted by molar-refractivity contribution is 5.80. The molecule has 0 atom stereocenters. The van der Waals surface area contributed by atoms with E-state index in [1.165, 1.54) is 0 Å². The number of hydrogen-bond donors (Lipinski definition) is 1. The summed E-state index contributed by atoms with van der Waals surface area (Å²) in [5.74, 6) is 3.80. The second-order valence-electron chi connectivity index (χ2n) is 7.07. The van der Waals surface area contributed by atoms with Gasteiger partial charge in [-0.3, -0.25) is 4.99 Å². The fourth-order valence-corrected chi connectivity index (χ4v) is 3.79. The van der Waals surface area contributed by atoms with Crippen LogP contribution in [0.5, 0.6) is 23.0 Å². The van der Waals surface area contributed by atoms with Gasteiger partial charge in [0.1, 0.15) is 11.5 Å². The van der Waals surface area contributed by atoms with Crippen LogP contribution in [0, 0.1) is 0 Å². The smallest absolute Gasteiger partial charge is 0.194 e. The Hall–Kier alpha value is -3.29. The molecule has 0 spiro atoms. The van der Waals surface area contributed by atoms with Gasteiger partial charge in [-0.05, 0) is 18.2 Å². The predicted octanol–water partition coefficient (Wildman–Crippen LogP) is 2.62. The fraction of sp³-hybridized carbons (Fsp3) is 0.435. The minimum absolute atomic E-state index is 0.558. The third-order valence-electron chi connectivity index (χ3n) is 5.44. The molecule has 0 radical (unpaired) electrons. The van der Waals surface area contributed by atoms with Crippen LogP contribution in [0.2, 0.25) is 0 Å². The number of benzene rings is 2. The number of hydrogen-bond acceptors (Lipinski definition) is 6. The van der Waals surface area contributed by atoms with Gasteiger partial charge in [0.25, 0.3) is 0 Å². The van der Waals surface area contributed by atoms with E-state index in [0.717, 1.165) is 54.9 Å². The topological polar surface area (TPSA) is 67.8 Å². The first-order chi connectivity index (χ1) is 15.1. The number of nitrogens with zero attached hydrogens (tertiary/aromatic N) is 3. The lowest BCUT2D eigenvalue weighted by atomic mass is 10.1. The molecule has 1 N–H and O–H groups in total. The number of guanidine groups is 1. The normalized spacial score (nSPS) is 14.3. The van der Waals surface area contributed by atoms with Gasteiger partial charge in [0, 0.05) is 51.4 Å². The van der Waals surface area contributed by atoms with Gasteiger partial charge < -0.3 is 34.1 Å². The van der Waals surface area contributed by atoms with Gasteiger partial charge in [0.05, 0.1) is 34.1 Å². The van der Waals surface area contributed by atoms with Crippen LogP contribution in [-0.4, -0.2) is 72.5 Å². The molecule has 168 valence electrons. The molecule has 1 fully saturated rings. The fourth-order valence-electron chi connectivity index (χ4n) is 3.79. The number of rotatable bonds is 7. The molecule has 2 aromatic rings. The van der Waals surface area contributed by atoms with Crippen LogP contribution in [0.15, 0.2) is 41.4 Å². The highest BCUT2D eigenvalue weighted by Crippen LogP contribution is 2.34. The average Bonchev–Trinajstić information content (AvgIpc) is 2.84. The Morgan fingerprint density at radius 3 is 2.06 bits per heavy atom.